The van der Waals surface area contributed by atoms with Crippen molar-refractivity contribution in [1.82, 2.24) is 19.9 Å². The van der Waals surface area contributed by atoms with Crippen LogP contribution in [0.25, 0.3) is 110 Å². The van der Waals surface area contributed by atoms with E-state index in [0.717, 1.165) is 98.7 Å². The summed E-state index contributed by atoms with van der Waals surface area (Å²) in [6, 6.07) is 60.2. The van der Waals surface area contributed by atoms with Crippen molar-refractivity contribution in [3.05, 3.63) is 193 Å². The second-order valence-corrected chi connectivity index (χ2v) is 16.5. The minimum absolute atomic E-state index is 0.903. The van der Waals surface area contributed by atoms with Crippen LogP contribution >= 0.6 is 22.7 Å². The lowest BCUT2D eigenvalue weighted by molar-refractivity contribution is 1.32. The molecule has 0 saturated carbocycles. The van der Waals surface area contributed by atoms with Crippen LogP contribution in [0.1, 0.15) is 22.8 Å². The third kappa shape index (κ3) is 6.16. The van der Waals surface area contributed by atoms with Crippen molar-refractivity contribution >= 4 is 87.8 Å². The quantitative estimate of drug-likeness (QED) is 0.187. The smallest absolute Gasteiger partial charge is 0.0872 e. The van der Waals surface area contributed by atoms with E-state index in [1.54, 1.807) is 22.7 Å². The Bertz CT molecular complexity index is 3090. The Hall–Kier alpha value is -7.12. The van der Waals surface area contributed by atoms with E-state index in [-0.39, 0.29) is 0 Å². The lowest BCUT2D eigenvalue weighted by atomic mass is 10.0. The van der Waals surface area contributed by atoms with Gasteiger partial charge in [-0.3, -0.25) is 0 Å². The molecule has 6 heteroatoms. The average molecular weight is 779 g/mol. The van der Waals surface area contributed by atoms with Gasteiger partial charge >= 0.3 is 0 Å². The number of aromatic nitrogens is 4. The number of fused-ring (bicyclic) bond motifs is 14. The maximum atomic E-state index is 5.32. The third-order valence-electron chi connectivity index (χ3n) is 10.7. The summed E-state index contributed by atoms with van der Waals surface area (Å²) in [6.07, 6.45) is 8.56. The number of rotatable bonds is 4. The molecule has 0 saturated heterocycles. The van der Waals surface area contributed by atoms with E-state index >= 15 is 0 Å². The summed E-state index contributed by atoms with van der Waals surface area (Å²) in [5.74, 6) is 0. The predicted octanol–water partition coefficient (Wildman–Crippen LogP) is 14.9. The highest BCUT2D eigenvalue weighted by Gasteiger charge is 2.17. The van der Waals surface area contributed by atoms with E-state index in [1.807, 2.05) is 0 Å². The molecule has 7 heterocycles. The molecular weight excluding hydrogens is 745 g/mol. The molecule has 5 aromatic heterocycles. The summed E-state index contributed by atoms with van der Waals surface area (Å²) >= 11 is 3.58. The van der Waals surface area contributed by atoms with Crippen molar-refractivity contribution in [3.63, 3.8) is 0 Å². The van der Waals surface area contributed by atoms with Crippen molar-refractivity contribution in [2.24, 2.45) is 0 Å². The van der Waals surface area contributed by atoms with Crippen LogP contribution in [0.2, 0.25) is 0 Å². The fourth-order valence-electron chi connectivity index (χ4n) is 8.01. The van der Waals surface area contributed by atoms with E-state index in [0.29, 0.717) is 0 Å². The monoisotopic (exact) mass is 778 g/mol. The van der Waals surface area contributed by atoms with Gasteiger partial charge in [-0.25, -0.2) is 9.97 Å². The van der Waals surface area contributed by atoms with Gasteiger partial charge in [-0.1, -0.05) is 121 Å². The Balaban J connectivity index is 1.29. The minimum atomic E-state index is 0.903. The third-order valence-corrected chi connectivity index (χ3v) is 12.9. The molecule has 2 aliphatic heterocycles. The maximum absolute atomic E-state index is 5.32. The Labute approximate surface area is 343 Å². The molecule has 0 spiro atoms. The molecular formula is C52H34N4S2. The van der Waals surface area contributed by atoms with Crippen LogP contribution in [-0.2, 0) is 0 Å². The Morgan fingerprint density at radius 1 is 0.276 bits per heavy atom. The zero-order chi connectivity index (χ0) is 38.4. The largest absolute Gasteiger partial charge is 0.353 e. The van der Waals surface area contributed by atoms with E-state index in [9.17, 15) is 0 Å². The molecule has 58 heavy (non-hydrogen) atoms. The molecule has 4 nitrogen and oxygen atoms in total. The summed E-state index contributed by atoms with van der Waals surface area (Å²) in [5, 5.41) is 0. The summed E-state index contributed by atoms with van der Waals surface area (Å²) < 4.78 is 4.64. The molecule has 274 valence electrons. The number of hydrogen-bond donors (Lipinski definition) is 2. The highest BCUT2D eigenvalue weighted by atomic mass is 32.1. The molecule has 0 radical (unpaired) electrons. The molecule has 2 N–H and O–H groups in total. The number of H-pyrrole nitrogens is 2. The highest BCUT2D eigenvalue weighted by molar-refractivity contribution is 7.24. The Kier molecular flexibility index (Phi) is 8.50. The van der Waals surface area contributed by atoms with Gasteiger partial charge in [0, 0.05) is 52.1 Å². The SMILES string of the molecule is C1=Cc2nc1c(-c1ccccc1)c1ccc(s1)c(-c1ccccc1)c1nc(c3ccc([nH]3)c(-c3ccccc3)c3ccc(s3)c(-c3ccccc3)c3ccc2[nH]3)C=C1. The Morgan fingerprint density at radius 3 is 0.931 bits per heavy atom. The zero-order valence-electron chi connectivity index (χ0n) is 31.2. The lowest BCUT2D eigenvalue weighted by Gasteiger charge is -2.04. The van der Waals surface area contributed by atoms with Gasteiger partial charge in [0.15, 0.2) is 0 Å². The molecule has 0 unspecified atom stereocenters. The second-order valence-electron chi connectivity index (χ2n) is 14.3. The van der Waals surface area contributed by atoms with E-state index in [4.69, 9.17) is 9.97 Å². The van der Waals surface area contributed by atoms with Crippen LogP contribution in [0.5, 0.6) is 0 Å². The molecule has 9 aromatic rings. The van der Waals surface area contributed by atoms with Gasteiger partial charge in [-0.2, -0.15) is 0 Å². The van der Waals surface area contributed by atoms with Gasteiger partial charge in [-0.05, 0) is 95.1 Å². The van der Waals surface area contributed by atoms with Crippen LogP contribution in [0, 0.1) is 0 Å². The second kappa shape index (κ2) is 14.4. The standard InChI is InChI=1S/C52H34N4S2/c1-5-13-33(14-6-1)49-41-25-21-37(53-41)38-22-26-43(54-38)51(35-17-9-3-10-18-35)47-31-32-48(58-47)52(36-19-11-4-12-20-36)44-28-24-40(56-44)39-23-27-42(55-39)50(34-15-7-2-8-16-34)46-30-29-45(49)57-46/h1-32,53,55H. The number of aromatic amines is 2. The molecule has 0 aliphatic carbocycles. The van der Waals surface area contributed by atoms with Gasteiger partial charge in [0.2, 0.25) is 0 Å². The van der Waals surface area contributed by atoms with Crippen LogP contribution in [0.3, 0.4) is 0 Å². The molecule has 0 atom stereocenters. The highest BCUT2D eigenvalue weighted by Crippen LogP contribution is 2.41. The maximum Gasteiger partial charge on any atom is 0.0872 e. The fraction of sp³-hybridized carbons (Fsp3) is 0. The molecule has 0 amide bonds. The first-order valence-corrected chi connectivity index (χ1v) is 21.0. The van der Waals surface area contributed by atoms with Gasteiger partial charge in [-0.15, -0.1) is 22.7 Å². The number of thiophene rings is 2. The summed E-state index contributed by atoms with van der Waals surface area (Å²) in [6.45, 7) is 0. The normalized spacial score (nSPS) is 12.0. The van der Waals surface area contributed by atoms with E-state index in [2.05, 4.69) is 204 Å². The number of nitrogens with one attached hydrogen (secondary N) is 2. The van der Waals surface area contributed by atoms with Gasteiger partial charge in [0.05, 0.1) is 33.8 Å². The van der Waals surface area contributed by atoms with Crippen LogP contribution in [-0.4, -0.2) is 19.9 Å². The summed E-state index contributed by atoms with van der Waals surface area (Å²) in [5.41, 5.74) is 16.8. The first kappa shape index (κ1) is 34.2. The van der Waals surface area contributed by atoms with Gasteiger partial charge < -0.3 is 9.97 Å². The number of benzene rings is 4. The minimum Gasteiger partial charge on any atom is -0.353 e. The average Bonchev–Trinajstić information content (AvgIpc) is 4.13. The van der Waals surface area contributed by atoms with Crippen molar-refractivity contribution in [2.45, 2.75) is 0 Å². The molecule has 0 fully saturated rings. The van der Waals surface area contributed by atoms with E-state index in [1.165, 1.54) is 9.40 Å². The van der Waals surface area contributed by atoms with Crippen LogP contribution in [0.15, 0.2) is 170 Å². The van der Waals surface area contributed by atoms with Gasteiger partial charge in [0.25, 0.3) is 0 Å². The van der Waals surface area contributed by atoms with E-state index < -0.39 is 0 Å². The van der Waals surface area contributed by atoms with Crippen molar-refractivity contribution < 1.29 is 0 Å². The topological polar surface area (TPSA) is 57.4 Å². The number of nitrogens with zero attached hydrogens (tertiary/aromatic N) is 2. The first-order chi connectivity index (χ1) is 28.7. The summed E-state index contributed by atoms with van der Waals surface area (Å²) in [7, 11) is 0. The van der Waals surface area contributed by atoms with Crippen LogP contribution < -0.4 is 0 Å². The van der Waals surface area contributed by atoms with Gasteiger partial charge in [0.1, 0.15) is 0 Å². The Morgan fingerprint density at radius 2 is 0.569 bits per heavy atom. The molecule has 12 bridgehead atoms. The molecule has 4 aromatic carbocycles. The predicted molar refractivity (Wildman–Crippen MR) is 249 cm³/mol. The van der Waals surface area contributed by atoms with Crippen molar-refractivity contribution in [3.8, 4) is 44.5 Å². The first-order valence-electron chi connectivity index (χ1n) is 19.3. The molecule has 2 aliphatic rings. The van der Waals surface area contributed by atoms with Crippen LogP contribution in [0.4, 0.5) is 0 Å². The molecule has 11 rings (SSSR count). The summed E-state index contributed by atoms with van der Waals surface area (Å²) in [4.78, 5) is 18.2. The zero-order valence-corrected chi connectivity index (χ0v) is 32.8. The fourth-order valence-corrected chi connectivity index (χ4v) is 10.3. The lowest BCUT2D eigenvalue weighted by Crippen LogP contribution is -1.84. The van der Waals surface area contributed by atoms with Crippen molar-refractivity contribution in [2.75, 3.05) is 0 Å². The van der Waals surface area contributed by atoms with Crippen molar-refractivity contribution in [1.29, 1.82) is 0 Å². The number of hydrogen-bond acceptors (Lipinski definition) is 4.